The topological polar surface area (TPSA) is 59.6 Å². The van der Waals surface area contributed by atoms with E-state index in [0.717, 1.165) is 19.5 Å². The van der Waals surface area contributed by atoms with Crippen LogP contribution in [0.5, 0.6) is 11.5 Å². The van der Waals surface area contributed by atoms with E-state index in [1.165, 1.54) is 0 Å². The molecule has 2 atom stereocenters. The van der Waals surface area contributed by atoms with Crippen LogP contribution in [0.2, 0.25) is 0 Å². The summed E-state index contributed by atoms with van der Waals surface area (Å²) in [6.07, 6.45) is 0.950. The zero-order valence-corrected chi connectivity index (χ0v) is 12.2. The molecule has 0 aromatic heterocycles. The largest absolute Gasteiger partial charge is 0.497 e. The van der Waals surface area contributed by atoms with Crippen LogP contribution in [0, 0.1) is 5.92 Å². The summed E-state index contributed by atoms with van der Waals surface area (Å²) < 4.78 is 10.4. The predicted molar refractivity (Wildman–Crippen MR) is 77.5 cm³/mol. The van der Waals surface area contributed by atoms with E-state index >= 15 is 0 Å². The molecule has 0 saturated carbocycles. The zero-order valence-electron chi connectivity index (χ0n) is 12.2. The Morgan fingerprint density at radius 3 is 2.80 bits per heavy atom. The Balaban J connectivity index is 2.12. The molecule has 1 aromatic carbocycles. The lowest BCUT2D eigenvalue weighted by atomic mass is 9.95. The van der Waals surface area contributed by atoms with Gasteiger partial charge in [-0.1, -0.05) is 6.92 Å². The number of carbonyl (C=O) groups is 1. The van der Waals surface area contributed by atoms with Crippen LogP contribution < -0.4 is 20.1 Å². The van der Waals surface area contributed by atoms with Crippen LogP contribution in [0.1, 0.15) is 23.7 Å². The average molecular weight is 278 g/mol. The van der Waals surface area contributed by atoms with Gasteiger partial charge in [0, 0.05) is 12.1 Å². The minimum Gasteiger partial charge on any atom is -0.497 e. The van der Waals surface area contributed by atoms with Gasteiger partial charge in [0.1, 0.15) is 11.5 Å². The summed E-state index contributed by atoms with van der Waals surface area (Å²) in [5, 5.41) is 6.42. The number of benzene rings is 1. The van der Waals surface area contributed by atoms with E-state index in [-0.39, 0.29) is 11.9 Å². The van der Waals surface area contributed by atoms with Crippen molar-refractivity contribution >= 4 is 5.91 Å². The van der Waals surface area contributed by atoms with Crippen molar-refractivity contribution in [3.05, 3.63) is 23.8 Å². The SMILES string of the molecule is COc1ccc(C(=O)N[C@H]2CCNC[C@H]2C)c(OC)c1. The van der Waals surface area contributed by atoms with Crippen LogP contribution in [0.15, 0.2) is 18.2 Å². The smallest absolute Gasteiger partial charge is 0.255 e. The fourth-order valence-corrected chi connectivity index (χ4v) is 2.46. The molecule has 1 aromatic rings. The molecule has 5 nitrogen and oxygen atoms in total. The van der Waals surface area contributed by atoms with E-state index in [1.807, 2.05) is 0 Å². The van der Waals surface area contributed by atoms with Crippen molar-refractivity contribution in [3.8, 4) is 11.5 Å². The lowest BCUT2D eigenvalue weighted by molar-refractivity contribution is 0.0911. The molecule has 2 N–H and O–H groups in total. The summed E-state index contributed by atoms with van der Waals surface area (Å²) in [4.78, 5) is 12.4. The molecular formula is C15H22N2O3. The third kappa shape index (κ3) is 3.22. The average Bonchev–Trinajstić information content (AvgIpc) is 2.48. The van der Waals surface area contributed by atoms with Gasteiger partial charge in [-0.15, -0.1) is 0 Å². The van der Waals surface area contributed by atoms with Gasteiger partial charge in [0.15, 0.2) is 0 Å². The van der Waals surface area contributed by atoms with Crippen LogP contribution in [0.4, 0.5) is 0 Å². The maximum atomic E-state index is 12.4. The van der Waals surface area contributed by atoms with E-state index in [1.54, 1.807) is 32.4 Å². The number of ether oxygens (including phenoxy) is 2. The number of piperidine rings is 1. The van der Waals surface area contributed by atoms with Crippen LogP contribution >= 0.6 is 0 Å². The highest BCUT2D eigenvalue weighted by Crippen LogP contribution is 2.25. The van der Waals surface area contributed by atoms with Crippen LogP contribution in [0.25, 0.3) is 0 Å². The van der Waals surface area contributed by atoms with Crippen LogP contribution in [0.3, 0.4) is 0 Å². The van der Waals surface area contributed by atoms with Gasteiger partial charge in [0.25, 0.3) is 5.91 Å². The van der Waals surface area contributed by atoms with E-state index in [2.05, 4.69) is 17.6 Å². The third-order valence-electron chi connectivity index (χ3n) is 3.76. The highest BCUT2D eigenvalue weighted by molar-refractivity contribution is 5.97. The van der Waals surface area contributed by atoms with Gasteiger partial charge >= 0.3 is 0 Å². The van der Waals surface area contributed by atoms with Gasteiger partial charge in [-0.05, 0) is 37.6 Å². The standard InChI is InChI=1S/C15H22N2O3/c1-10-9-16-7-6-13(10)17-15(18)12-5-4-11(19-2)8-14(12)20-3/h4-5,8,10,13,16H,6-7,9H2,1-3H3,(H,17,18)/t10-,13+/m1/s1. The first-order valence-electron chi connectivity index (χ1n) is 6.89. The molecule has 2 rings (SSSR count). The molecule has 0 unspecified atom stereocenters. The summed E-state index contributed by atoms with van der Waals surface area (Å²) in [7, 11) is 3.14. The van der Waals surface area contributed by atoms with Crippen molar-refractivity contribution in [2.45, 2.75) is 19.4 Å². The molecule has 0 bridgehead atoms. The Bertz CT molecular complexity index is 476. The second kappa shape index (κ2) is 6.61. The Morgan fingerprint density at radius 1 is 1.35 bits per heavy atom. The summed E-state index contributed by atoms with van der Waals surface area (Å²) in [5.74, 6) is 1.54. The first-order chi connectivity index (χ1) is 9.65. The highest BCUT2D eigenvalue weighted by atomic mass is 16.5. The first kappa shape index (κ1) is 14.7. The lowest BCUT2D eigenvalue weighted by Gasteiger charge is -2.30. The first-order valence-corrected chi connectivity index (χ1v) is 6.89. The second-order valence-corrected chi connectivity index (χ2v) is 5.12. The molecule has 0 aliphatic carbocycles. The Morgan fingerprint density at radius 2 is 2.15 bits per heavy atom. The molecule has 20 heavy (non-hydrogen) atoms. The number of hydrogen-bond donors (Lipinski definition) is 2. The van der Waals surface area contributed by atoms with E-state index < -0.39 is 0 Å². The quantitative estimate of drug-likeness (QED) is 0.875. The Labute approximate surface area is 119 Å². The molecule has 1 aliphatic rings. The van der Waals surface area contributed by atoms with Gasteiger partial charge in [-0.25, -0.2) is 0 Å². The maximum Gasteiger partial charge on any atom is 0.255 e. The zero-order chi connectivity index (χ0) is 14.5. The van der Waals surface area contributed by atoms with Crippen molar-refractivity contribution in [2.24, 2.45) is 5.92 Å². The fraction of sp³-hybridized carbons (Fsp3) is 0.533. The number of rotatable bonds is 4. The summed E-state index contributed by atoms with van der Waals surface area (Å²) in [6.45, 7) is 4.02. The number of nitrogens with one attached hydrogen (secondary N) is 2. The molecule has 1 aliphatic heterocycles. The van der Waals surface area contributed by atoms with Crippen molar-refractivity contribution in [2.75, 3.05) is 27.3 Å². The van der Waals surface area contributed by atoms with Crippen molar-refractivity contribution in [3.63, 3.8) is 0 Å². The molecule has 0 spiro atoms. The molecular weight excluding hydrogens is 256 g/mol. The van der Waals surface area contributed by atoms with E-state index in [4.69, 9.17) is 9.47 Å². The number of methoxy groups -OCH3 is 2. The predicted octanol–water partition coefficient (Wildman–Crippen LogP) is 1.43. The van der Waals surface area contributed by atoms with E-state index in [9.17, 15) is 4.79 Å². The molecule has 0 radical (unpaired) electrons. The molecule has 1 saturated heterocycles. The third-order valence-corrected chi connectivity index (χ3v) is 3.76. The van der Waals surface area contributed by atoms with Crippen LogP contribution in [-0.4, -0.2) is 39.3 Å². The number of carbonyl (C=O) groups excluding carboxylic acids is 1. The van der Waals surface area contributed by atoms with Gasteiger partial charge < -0.3 is 20.1 Å². The summed E-state index contributed by atoms with van der Waals surface area (Å²) in [6, 6.07) is 5.43. The van der Waals surface area contributed by atoms with Crippen molar-refractivity contribution in [1.29, 1.82) is 0 Å². The Kier molecular flexibility index (Phi) is 4.84. The highest BCUT2D eigenvalue weighted by Gasteiger charge is 2.24. The molecule has 110 valence electrons. The minimum absolute atomic E-state index is 0.0942. The number of amides is 1. The molecule has 1 heterocycles. The lowest BCUT2D eigenvalue weighted by Crippen LogP contribution is -2.48. The fourth-order valence-electron chi connectivity index (χ4n) is 2.46. The van der Waals surface area contributed by atoms with E-state index in [0.29, 0.717) is 23.0 Å². The molecule has 1 amide bonds. The summed E-state index contributed by atoms with van der Waals surface area (Å²) in [5.41, 5.74) is 0.541. The normalized spacial score (nSPS) is 22.1. The van der Waals surface area contributed by atoms with Gasteiger partial charge in [0.05, 0.1) is 19.8 Å². The molecule has 1 fully saturated rings. The van der Waals surface area contributed by atoms with Gasteiger partial charge in [-0.3, -0.25) is 4.79 Å². The van der Waals surface area contributed by atoms with Crippen LogP contribution in [-0.2, 0) is 0 Å². The minimum atomic E-state index is -0.0942. The van der Waals surface area contributed by atoms with Crippen molar-refractivity contribution < 1.29 is 14.3 Å². The monoisotopic (exact) mass is 278 g/mol. The second-order valence-electron chi connectivity index (χ2n) is 5.12. The van der Waals surface area contributed by atoms with Gasteiger partial charge in [0.2, 0.25) is 0 Å². The maximum absolute atomic E-state index is 12.4. The number of hydrogen-bond acceptors (Lipinski definition) is 4. The molecule has 5 heteroatoms. The van der Waals surface area contributed by atoms with Crippen molar-refractivity contribution in [1.82, 2.24) is 10.6 Å². The summed E-state index contributed by atoms with van der Waals surface area (Å²) >= 11 is 0. The Hall–Kier alpha value is -1.75. The van der Waals surface area contributed by atoms with Gasteiger partial charge in [-0.2, -0.15) is 0 Å².